The first-order valence-electron chi connectivity index (χ1n) is 7.64. The van der Waals surface area contributed by atoms with Gasteiger partial charge in [0.2, 0.25) is 0 Å². The van der Waals surface area contributed by atoms with Gasteiger partial charge in [0.05, 0.1) is 16.7 Å². The predicted octanol–water partition coefficient (Wildman–Crippen LogP) is 3.26. The number of fused-ring (bicyclic) bond motifs is 1. The first-order valence-corrected chi connectivity index (χ1v) is 9.08. The lowest BCUT2D eigenvalue weighted by Gasteiger charge is -2.27. The highest BCUT2D eigenvalue weighted by molar-refractivity contribution is 7.89. The van der Waals surface area contributed by atoms with Gasteiger partial charge in [-0.25, -0.2) is 13.2 Å². The number of benzene rings is 2. The number of carbonyl (C=O) groups is 1. The Morgan fingerprint density at radius 1 is 1.04 bits per heavy atom. The first kappa shape index (κ1) is 16.3. The van der Waals surface area contributed by atoms with Crippen LogP contribution in [0.5, 0.6) is 0 Å². The first-order chi connectivity index (χ1) is 11.5. The molecule has 0 unspecified atom stereocenters. The van der Waals surface area contributed by atoms with Crippen molar-refractivity contribution in [2.45, 2.75) is 18.2 Å². The zero-order valence-corrected chi connectivity index (χ0v) is 14.0. The molecule has 0 spiro atoms. The summed E-state index contributed by atoms with van der Waals surface area (Å²) in [5, 5.41) is 0. The van der Waals surface area contributed by atoms with E-state index in [1.54, 1.807) is 42.5 Å². The molecule has 0 N–H and O–H groups in total. The number of hydrogen-bond acceptors (Lipinski definition) is 4. The molecule has 1 heterocycles. The van der Waals surface area contributed by atoms with Crippen LogP contribution in [0.25, 0.3) is 5.76 Å². The fourth-order valence-corrected chi connectivity index (χ4v) is 4.12. The Morgan fingerprint density at radius 2 is 1.71 bits per heavy atom. The predicted molar refractivity (Wildman–Crippen MR) is 90.5 cm³/mol. The van der Waals surface area contributed by atoms with Crippen LogP contribution in [0, 0.1) is 0 Å². The molecule has 0 fully saturated rings. The van der Waals surface area contributed by atoms with E-state index in [0.29, 0.717) is 24.1 Å². The number of rotatable bonds is 4. The second-order valence-electron chi connectivity index (χ2n) is 5.36. The highest BCUT2D eigenvalue weighted by atomic mass is 32.2. The van der Waals surface area contributed by atoms with Crippen molar-refractivity contribution in [3.8, 4) is 0 Å². The Labute approximate surface area is 141 Å². The molecule has 0 saturated heterocycles. The lowest BCUT2D eigenvalue weighted by molar-refractivity contribution is 0.0689. The molecule has 0 aliphatic carbocycles. The standard InChI is InChI=1S/C18H17NO4S/c1-2-12-19-13-16(23-18(20)14-8-4-3-5-9-14)15-10-6-7-11-17(15)24(19,21)22/h3-11,13H,2,12H2,1H3. The molecule has 2 aromatic rings. The van der Waals surface area contributed by atoms with Crippen LogP contribution in [-0.4, -0.2) is 25.2 Å². The Bertz CT molecular complexity index is 888. The van der Waals surface area contributed by atoms with E-state index in [1.165, 1.54) is 16.6 Å². The van der Waals surface area contributed by atoms with Crippen LogP contribution in [0.3, 0.4) is 0 Å². The van der Waals surface area contributed by atoms with Crippen molar-refractivity contribution in [1.82, 2.24) is 4.31 Å². The van der Waals surface area contributed by atoms with Crippen molar-refractivity contribution in [2.24, 2.45) is 0 Å². The van der Waals surface area contributed by atoms with Gasteiger partial charge in [-0.2, -0.15) is 0 Å². The number of nitrogens with zero attached hydrogens (tertiary/aromatic N) is 1. The Kier molecular flexibility index (Phi) is 4.40. The van der Waals surface area contributed by atoms with Gasteiger partial charge in [-0.05, 0) is 30.7 Å². The second kappa shape index (κ2) is 6.49. The molecule has 3 rings (SSSR count). The summed E-state index contributed by atoms with van der Waals surface area (Å²) in [4.78, 5) is 12.5. The van der Waals surface area contributed by atoms with Gasteiger partial charge in [-0.15, -0.1) is 0 Å². The third-order valence-electron chi connectivity index (χ3n) is 3.66. The maximum atomic E-state index is 12.6. The summed E-state index contributed by atoms with van der Waals surface area (Å²) >= 11 is 0. The normalized spacial score (nSPS) is 15.4. The van der Waals surface area contributed by atoms with E-state index in [0.717, 1.165) is 0 Å². The van der Waals surface area contributed by atoms with E-state index in [2.05, 4.69) is 0 Å². The van der Waals surface area contributed by atoms with Crippen molar-refractivity contribution in [2.75, 3.05) is 6.54 Å². The van der Waals surface area contributed by atoms with Crippen LogP contribution in [0.4, 0.5) is 0 Å². The van der Waals surface area contributed by atoms with E-state index in [9.17, 15) is 13.2 Å². The molecule has 0 atom stereocenters. The van der Waals surface area contributed by atoms with Crippen LogP contribution < -0.4 is 0 Å². The summed E-state index contributed by atoms with van der Waals surface area (Å²) in [6.07, 6.45) is 2.04. The second-order valence-corrected chi connectivity index (χ2v) is 7.22. The van der Waals surface area contributed by atoms with Gasteiger partial charge in [-0.3, -0.25) is 4.31 Å². The number of esters is 1. The summed E-state index contributed by atoms with van der Waals surface area (Å²) in [6.45, 7) is 2.21. The van der Waals surface area contributed by atoms with Gasteiger partial charge in [0.25, 0.3) is 10.0 Å². The number of ether oxygens (including phenoxy) is 1. The number of hydrogen-bond donors (Lipinski definition) is 0. The van der Waals surface area contributed by atoms with Crippen LogP contribution in [-0.2, 0) is 14.8 Å². The molecular weight excluding hydrogens is 326 g/mol. The van der Waals surface area contributed by atoms with Crippen LogP contribution >= 0.6 is 0 Å². The van der Waals surface area contributed by atoms with Crippen LogP contribution in [0.15, 0.2) is 65.7 Å². The van der Waals surface area contributed by atoms with Crippen molar-refractivity contribution in [3.05, 3.63) is 71.9 Å². The van der Waals surface area contributed by atoms with Gasteiger partial charge in [-0.1, -0.05) is 37.3 Å². The van der Waals surface area contributed by atoms with E-state index >= 15 is 0 Å². The summed E-state index contributed by atoms with van der Waals surface area (Å²) in [7, 11) is -3.61. The fourth-order valence-electron chi connectivity index (χ4n) is 2.51. The van der Waals surface area contributed by atoms with E-state index in [4.69, 9.17) is 4.74 Å². The molecule has 124 valence electrons. The third kappa shape index (κ3) is 2.92. The summed E-state index contributed by atoms with van der Waals surface area (Å²) in [5.41, 5.74) is 0.806. The van der Waals surface area contributed by atoms with Crippen molar-refractivity contribution in [3.63, 3.8) is 0 Å². The minimum absolute atomic E-state index is 0.150. The zero-order chi connectivity index (χ0) is 17.2. The molecule has 0 bridgehead atoms. The van der Waals surface area contributed by atoms with Gasteiger partial charge in [0.15, 0.2) is 5.76 Å². The van der Waals surface area contributed by atoms with Crippen LogP contribution in [0.2, 0.25) is 0 Å². The largest absolute Gasteiger partial charge is 0.421 e. The minimum Gasteiger partial charge on any atom is -0.421 e. The highest BCUT2D eigenvalue weighted by Gasteiger charge is 2.32. The SMILES string of the molecule is CCCN1C=C(OC(=O)c2ccccc2)c2ccccc2S1(=O)=O. The summed E-state index contributed by atoms with van der Waals surface area (Å²) < 4.78 is 32.0. The molecule has 0 saturated carbocycles. The number of carbonyl (C=O) groups excluding carboxylic acids is 1. The minimum atomic E-state index is -3.61. The van der Waals surface area contributed by atoms with Gasteiger partial charge < -0.3 is 4.74 Å². The average Bonchev–Trinajstić information content (AvgIpc) is 2.60. The van der Waals surface area contributed by atoms with Crippen molar-refractivity contribution >= 4 is 21.8 Å². The molecule has 0 aromatic heterocycles. The number of sulfonamides is 1. The summed E-state index contributed by atoms with van der Waals surface area (Å²) in [6, 6.07) is 15.1. The zero-order valence-electron chi connectivity index (χ0n) is 13.2. The lowest BCUT2D eigenvalue weighted by atomic mass is 10.2. The van der Waals surface area contributed by atoms with Gasteiger partial charge in [0.1, 0.15) is 0 Å². The van der Waals surface area contributed by atoms with E-state index in [-0.39, 0.29) is 10.7 Å². The Morgan fingerprint density at radius 3 is 2.42 bits per heavy atom. The Hall–Kier alpha value is -2.60. The molecule has 1 aliphatic rings. The maximum absolute atomic E-state index is 12.6. The quantitative estimate of drug-likeness (QED) is 0.800. The van der Waals surface area contributed by atoms with Gasteiger partial charge in [0, 0.05) is 12.1 Å². The topological polar surface area (TPSA) is 63.7 Å². The van der Waals surface area contributed by atoms with E-state index < -0.39 is 16.0 Å². The monoisotopic (exact) mass is 343 g/mol. The summed E-state index contributed by atoms with van der Waals surface area (Å²) in [5.74, 6) is -0.282. The maximum Gasteiger partial charge on any atom is 0.343 e. The molecule has 6 heteroatoms. The molecule has 2 aromatic carbocycles. The smallest absolute Gasteiger partial charge is 0.343 e. The molecule has 5 nitrogen and oxygen atoms in total. The molecule has 1 aliphatic heterocycles. The van der Waals surface area contributed by atoms with E-state index in [1.807, 2.05) is 13.0 Å². The molecular formula is C18H17NO4S. The lowest BCUT2D eigenvalue weighted by Crippen LogP contribution is -2.31. The average molecular weight is 343 g/mol. The Balaban J connectivity index is 2.01. The molecule has 24 heavy (non-hydrogen) atoms. The van der Waals surface area contributed by atoms with Gasteiger partial charge >= 0.3 is 5.97 Å². The molecule has 0 radical (unpaired) electrons. The third-order valence-corrected chi connectivity index (χ3v) is 5.47. The molecule has 0 amide bonds. The fraction of sp³-hybridized carbons (Fsp3) is 0.167. The van der Waals surface area contributed by atoms with Crippen molar-refractivity contribution < 1.29 is 17.9 Å². The highest BCUT2D eigenvalue weighted by Crippen LogP contribution is 2.33. The van der Waals surface area contributed by atoms with Crippen molar-refractivity contribution in [1.29, 1.82) is 0 Å². The van der Waals surface area contributed by atoms with Crippen LogP contribution in [0.1, 0.15) is 29.3 Å².